The van der Waals surface area contributed by atoms with E-state index < -0.39 is 41.7 Å². The van der Waals surface area contributed by atoms with Crippen LogP contribution in [-0.4, -0.2) is 43.6 Å². The molecule has 2 bridgehead atoms. The lowest BCUT2D eigenvalue weighted by molar-refractivity contribution is -0.178. The predicted octanol–water partition coefficient (Wildman–Crippen LogP) is 2.53. The van der Waals surface area contributed by atoms with Crippen LogP contribution in [0, 0.1) is 5.92 Å². The Morgan fingerprint density at radius 1 is 0.967 bits per heavy atom. The molecule has 4 rings (SSSR count). The van der Waals surface area contributed by atoms with E-state index in [1.165, 1.54) is 0 Å². The van der Waals surface area contributed by atoms with Crippen molar-refractivity contribution in [2.45, 2.75) is 50.4 Å². The first-order valence-electron chi connectivity index (χ1n) is 9.98. The highest BCUT2D eigenvalue weighted by Gasteiger charge is 2.67. The zero-order chi connectivity index (χ0) is 21.1. The molecule has 2 saturated heterocycles. The largest absolute Gasteiger partial charge is 0.461 e. The van der Waals surface area contributed by atoms with Gasteiger partial charge >= 0.3 is 11.9 Å². The second-order valence-corrected chi connectivity index (χ2v) is 7.67. The number of esters is 2. The number of carbonyl (C=O) groups excluding carboxylic acids is 2. The van der Waals surface area contributed by atoms with Crippen molar-refractivity contribution < 1.29 is 28.5 Å². The highest BCUT2D eigenvalue weighted by Crippen LogP contribution is 2.50. The van der Waals surface area contributed by atoms with Gasteiger partial charge in [-0.3, -0.25) is 9.59 Å². The van der Waals surface area contributed by atoms with Gasteiger partial charge < -0.3 is 18.9 Å². The summed E-state index contributed by atoms with van der Waals surface area (Å²) < 4.78 is 22.7. The molecule has 30 heavy (non-hydrogen) atoms. The monoisotopic (exact) mass is 406 g/mol. The Morgan fingerprint density at radius 2 is 1.53 bits per heavy atom. The van der Waals surface area contributed by atoms with Crippen molar-refractivity contribution in [3.63, 3.8) is 0 Å². The average molecular weight is 406 g/mol. The summed E-state index contributed by atoms with van der Waals surface area (Å²) in [6.45, 7) is 2.04. The van der Waals surface area contributed by atoms with E-state index in [4.69, 9.17) is 26.8 Å². The molecule has 0 aliphatic carbocycles. The summed E-state index contributed by atoms with van der Waals surface area (Å²) in [6.07, 6.45) is -1.30. The molecule has 2 fully saturated rings. The lowest BCUT2D eigenvalue weighted by Crippen LogP contribution is -2.48. The fraction of sp³-hybridized carbons (Fsp3) is 0.391. The van der Waals surface area contributed by atoms with E-state index in [0.717, 1.165) is 11.1 Å². The van der Waals surface area contributed by atoms with Gasteiger partial charge in [0.1, 0.15) is 32.6 Å². The summed E-state index contributed by atoms with van der Waals surface area (Å²) in [4.78, 5) is 25.6. The van der Waals surface area contributed by atoms with Crippen LogP contribution >= 0.6 is 0 Å². The minimum absolute atomic E-state index is 0.126. The van der Waals surface area contributed by atoms with Crippen LogP contribution in [0.3, 0.4) is 0 Å². The predicted molar refractivity (Wildman–Crippen MR) is 108 cm³/mol. The van der Waals surface area contributed by atoms with Crippen LogP contribution in [0.25, 0.3) is 0 Å². The molecule has 2 radical (unpaired) electrons. The first-order chi connectivity index (χ1) is 14.5. The number of carbonyl (C=O) groups is 2. The Morgan fingerprint density at radius 3 is 2.13 bits per heavy atom. The molecule has 6 nitrogen and oxygen atoms in total. The third-order valence-electron chi connectivity index (χ3n) is 5.72. The molecule has 2 heterocycles. The van der Waals surface area contributed by atoms with Crippen LogP contribution in [0.1, 0.15) is 24.5 Å². The molecule has 2 aromatic carbocycles. The molecule has 5 atom stereocenters. The number of hydrogen-bond acceptors (Lipinski definition) is 6. The van der Waals surface area contributed by atoms with Gasteiger partial charge in [0.2, 0.25) is 0 Å². The topological polar surface area (TPSA) is 71.1 Å². The van der Waals surface area contributed by atoms with Crippen molar-refractivity contribution in [1.29, 1.82) is 0 Å². The number of benzene rings is 2. The Kier molecular flexibility index (Phi) is 5.93. The van der Waals surface area contributed by atoms with Crippen molar-refractivity contribution in [1.82, 2.24) is 0 Å². The molecule has 2 aliphatic heterocycles. The molecular weight excluding hydrogens is 383 g/mol. The number of ether oxygens (including phenoxy) is 4. The van der Waals surface area contributed by atoms with Crippen LogP contribution in [0.5, 0.6) is 0 Å². The Hall–Kier alpha value is -2.64. The van der Waals surface area contributed by atoms with E-state index in [-0.39, 0.29) is 19.6 Å². The van der Waals surface area contributed by atoms with Gasteiger partial charge in [-0.05, 0) is 18.1 Å². The normalized spacial score (nSPS) is 29.5. The molecule has 154 valence electrons. The van der Waals surface area contributed by atoms with Gasteiger partial charge in [0.25, 0.3) is 0 Å². The summed E-state index contributed by atoms with van der Waals surface area (Å²) >= 11 is 0. The van der Waals surface area contributed by atoms with Gasteiger partial charge in [0, 0.05) is 6.00 Å². The molecule has 7 heteroatoms. The Balaban J connectivity index is 1.44. The highest BCUT2D eigenvalue weighted by atomic mass is 16.6. The second-order valence-electron chi connectivity index (χ2n) is 7.67. The number of hydrogen-bond donors (Lipinski definition) is 0. The van der Waals surface area contributed by atoms with Gasteiger partial charge in [-0.2, -0.15) is 0 Å². The van der Waals surface area contributed by atoms with E-state index in [1.807, 2.05) is 60.7 Å². The van der Waals surface area contributed by atoms with Crippen molar-refractivity contribution in [3.8, 4) is 0 Å². The zero-order valence-corrected chi connectivity index (χ0v) is 16.7. The van der Waals surface area contributed by atoms with Crippen LogP contribution < -0.4 is 0 Å². The molecule has 2 unspecified atom stereocenters. The summed E-state index contributed by atoms with van der Waals surface area (Å²) in [7, 11) is 6.04. The van der Waals surface area contributed by atoms with Gasteiger partial charge in [-0.25, -0.2) is 0 Å². The van der Waals surface area contributed by atoms with Crippen molar-refractivity contribution in [2.24, 2.45) is 5.92 Å². The molecule has 0 N–H and O–H groups in total. The van der Waals surface area contributed by atoms with E-state index >= 15 is 0 Å². The van der Waals surface area contributed by atoms with Crippen molar-refractivity contribution in [2.75, 3.05) is 0 Å². The second kappa shape index (κ2) is 8.62. The average Bonchev–Trinajstić information content (AvgIpc) is 3.19. The van der Waals surface area contributed by atoms with Crippen LogP contribution in [0.4, 0.5) is 0 Å². The molecule has 0 aromatic heterocycles. The minimum Gasteiger partial charge on any atom is -0.461 e. The Bertz CT molecular complexity index is 889. The molecule has 0 saturated carbocycles. The summed E-state index contributed by atoms with van der Waals surface area (Å²) in [5, 5.41) is 0. The van der Waals surface area contributed by atoms with E-state index in [9.17, 15) is 9.59 Å². The molecule has 0 spiro atoms. The molecule has 2 aromatic rings. The van der Waals surface area contributed by atoms with Gasteiger partial charge in [-0.1, -0.05) is 60.7 Å². The standard InChI is InChI=1S/C23H23BO6/c1-15-23(12-18(25)27-13-16-8-4-2-5-9-16)19(20(29-15)21(24)30-23)22(26)28-14-17-10-6-3-7-11-17/h2-11,15,19-21H,12-14H2,1H3/t15-,19?,20?,21-,23+/m1/s1. The third-order valence-corrected chi connectivity index (χ3v) is 5.72. The lowest BCUT2D eigenvalue weighted by atomic mass is 9.80. The van der Waals surface area contributed by atoms with Gasteiger partial charge in [0.05, 0.1) is 18.6 Å². The van der Waals surface area contributed by atoms with Crippen LogP contribution in [0.15, 0.2) is 60.7 Å². The zero-order valence-electron chi connectivity index (χ0n) is 16.7. The lowest BCUT2D eigenvalue weighted by Gasteiger charge is -2.35. The SMILES string of the molecule is [B][C@@H]1O[C@]2(CC(=O)OCc3ccccc3)C(C(=O)OCc3ccccc3)C1O[C@@H]2C. The van der Waals surface area contributed by atoms with E-state index in [0.29, 0.717) is 0 Å². The third kappa shape index (κ3) is 4.00. The minimum atomic E-state index is -1.20. The van der Waals surface area contributed by atoms with Gasteiger partial charge in [0.15, 0.2) is 0 Å². The maximum absolute atomic E-state index is 12.9. The Labute approximate surface area is 176 Å². The van der Waals surface area contributed by atoms with Gasteiger partial charge in [-0.15, -0.1) is 0 Å². The maximum atomic E-state index is 12.9. The number of fused-ring (bicyclic) bond motifs is 2. The fourth-order valence-electron chi connectivity index (χ4n) is 4.18. The maximum Gasteiger partial charge on any atom is 0.315 e. The first-order valence-corrected chi connectivity index (χ1v) is 9.98. The quantitative estimate of drug-likeness (QED) is 0.520. The molecule has 2 aliphatic rings. The number of rotatable bonds is 7. The summed E-state index contributed by atoms with van der Waals surface area (Å²) in [5.74, 6) is -1.77. The van der Waals surface area contributed by atoms with E-state index in [1.54, 1.807) is 6.92 Å². The van der Waals surface area contributed by atoms with Crippen LogP contribution in [0.2, 0.25) is 0 Å². The van der Waals surface area contributed by atoms with Crippen molar-refractivity contribution in [3.05, 3.63) is 71.8 Å². The fourth-order valence-corrected chi connectivity index (χ4v) is 4.18. The van der Waals surface area contributed by atoms with E-state index in [2.05, 4.69) is 0 Å². The molecular formula is C23H23BO6. The first kappa shape index (κ1) is 20.6. The summed E-state index contributed by atoms with van der Waals surface area (Å²) in [5.41, 5.74) is 0.539. The highest BCUT2D eigenvalue weighted by molar-refractivity contribution is 6.12. The smallest absolute Gasteiger partial charge is 0.315 e. The summed E-state index contributed by atoms with van der Waals surface area (Å²) in [6, 6.07) is 17.9. The van der Waals surface area contributed by atoms with Crippen LogP contribution in [-0.2, 0) is 41.8 Å². The molecule has 0 amide bonds. The van der Waals surface area contributed by atoms with Crippen molar-refractivity contribution >= 4 is 19.8 Å².